The van der Waals surface area contributed by atoms with E-state index < -0.39 is 30.2 Å². The van der Waals surface area contributed by atoms with E-state index >= 15 is 0 Å². The normalized spacial score (nSPS) is 11.7. The van der Waals surface area contributed by atoms with Crippen LogP contribution in [0, 0.1) is 0 Å². The van der Waals surface area contributed by atoms with Crippen molar-refractivity contribution in [1.29, 1.82) is 0 Å². The Morgan fingerprint density at radius 2 is 1.49 bits per heavy atom. The van der Waals surface area contributed by atoms with Crippen LogP contribution in [0.5, 0.6) is 5.75 Å². The van der Waals surface area contributed by atoms with Crippen LogP contribution in [-0.2, 0) is 8.53 Å². The molecule has 0 fully saturated rings. The van der Waals surface area contributed by atoms with Crippen molar-refractivity contribution >= 4 is 46.9 Å². The number of nitrogens with zero attached hydrogens (tertiary/aromatic N) is 2. The number of carbonyl (C=O) groups excluding carboxylic acids is 2. The largest absolute Gasteiger partial charge is 0.366 e. The van der Waals surface area contributed by atoms with Crippen molar-refractivity contribution in [3.8, 4) is 17.0 Å². The fourth-order valence-corrected chi connectivity index (χ4v) is 6.29. The van der Waals surface area contributed by atoms with Gasteiger partial charge in [-0.3, -0.25) is 4.79 Å². The molecule has 4 aromatic carbocycles. The SMILES string of the molecule is CC[C@@H](c1ccccc1)N(C(C)=O)c1cccc([As](=O)(O)O)c1O.NC(=O)c1cc(-c2ccccc2)nc2ccccc12. The van der Waals surface area contributed by atoms with Crippen LogP contribution in [0.3, 0.4) is 0 Å². The Hall–Kier alpha value is -4.69. The number of hydrogen-bond acceptors (Lipinski definition) is 5. The summed E-state index contributed by atoms with van der Waals surface area (Å²) in [6.45, 7) is 3.27. The van der Waals surface area contributed by atoms with Crippen LogP contribution in [0.15, 0.2) is 109 Å². The first-order chi connectivity index (χ1) is 20.5. The van der Waals surface area contributed by atoms with Gasteiger partial charge in [0.2, 0.25) is 5.91 Å². The number of rotatable bonds is 7. The van der Waals surface area contributed by atoms with E-state index in [-0.39, 0.29) is 17.6 Å². The van der Waals surface area contributed by atoms with E-state index in [1.807, 2.05) is 91.9 Å². The summed E-state index contributed by atoms with van der Waals surface area (Å²) in [5.74, 6) is -1.30. The third-order valence-electron chi connectivity index (χ3n) is 6.84. The molecule has 0 unspecified atom stereocenters. The topological polar surface area (TPSA) is 154 Å². The zero-order chi connectivity index (χ0) is 31.1. The molecule has 0 bridgehead atoms. The minimum atomic E-state index is -5.31. The van der Waals surface area contributed by atoms with Crippen LogP contribution in [-0.4, -0.2) is 44.3 Å². The smallest absolute Gasteiger partial charge is 0.249 e. The number of para-hydroxylation sites is 2. The summed E-state index contributed by atoms with van der Waals surface area (Å²) < 4.78 is 30.0. The van der Waals surface area contributed by atoms with Gasteiger partial charge in [0.25, 0.3) is 0 Å². The molecule has 1 heterocycles. The molecule has 1 atom stereocenters. The average Bonchev–Trinajstić information content (AvgIpc) is 3.00. The van der Waals surface area contributed by atoms with Gasteiger partial charge < -0.3 is 5.73 Å². The second-order valence-electron chi connectivity index (χ2n) is 9.72. The van der Waals surface area contributed by atoms with E-state index in [4.69, 9.17) is 5.73 Å². The number of pyridine rings is 1. The standard InChI is InChI=1S/C17H20AsNO5.C16H12N2O/c1-3-15(13-8-5-4-6-9-13)19(12(2)20)16-11-7-10-14(17(16)21)18(22,23)24;17-16(19)13-10-15(11-6-2-1-3-7-11)18-14-9-5-4-8-12(13)14/h4-11,15,21H,3H2,1-2H3,(H2,22,23,24);1-10H,(H2,17,19)/t15-;/m0./s1. The molecule has 0 aliphatic heterocycles. The molecule has 0 saturated heterocycles. The van der Waals surface area contributed by atoms with E-state index in [9.17, 15) is 26.6 Å². The van der Waals surface area contributed by atoms with Gasteiger partial charge >= 0.3 is 143 Å². The average molecular weight is 642 g/mol. The van der Waals surface area contributed by atoms with E-state index in [1.165, 1.54) is 30.0 Å². The number of carbonyl (C=O) groups is 2. The van der Waals surface area contributed by atoms with Gasteiger partial charge in [-0.25, -0.2) is 4.98 Å². The van der Waals surface area contributed by atoms with Gasteiger partial charge in [0.05, 0.1) is 16.8 Å². The number of fused-ring (bicyclic) bond motifs is 1. The summed E-state index contributed by atoms with van der Waals surface area (Å²) in [5.41, 5.74) is 9.44. The maximum Gasteiger partial charge on any atom is 0.249 e. The predicted octanol–water partition coefficient (Wildman–Crippen LogP) is 4.46. The Labute approximate surface area is 252 Å². The van der Waals surface area contributed by atoms with E-state index in [2.05, 4.69) is 4.98 Å². The van der Waals surface area contributed by atoms with Crippen molar-refractivity contribution in [2.45, 2.75) is 26.3 Å². The third kappa shape index (κ3) is 7.21. The fraction of sp³-hybridized carbons (Fsp3) is 0.121. The summed E-state index contributed by atoms with van der Waals surface area (Å²) in [7, 11) is 0. The second kappa shape index (κ2) is 13.5. The number of phenolic OH excluding ortho intramolecular Hbond substituents is 1. The maximum atomic E-state index is 12.3. The molecular formula is C33H32AsN3O6. The fourth-order valence-electron chi connectivity index (χ4n) is 4.88. The van der Waals surface area contributed by atoms with E-state index in [0.717, 1.165) is 27.7 Å². The van der Waals surface area contributed by atoms with Gasteiger partial charge in [-0.2, -0.15) is 0 Å². The first-order valence-corrected chi connectivity index (χ1v) is 16.9. The quantitative estimate of drug-likeness (QED) is 0.192. The minimum absolute atomic E-state index is 0.0976. The number of phenols is 1. The summed E-state index contributed by atoms with van der Waals surface area (Å²) in [6.07, 6.45) is 0.578. The van der Waals surface area contributed by atoms with Gasteiger partial charge in [0.15, 0.2) is 0 Å². The number of hydrogen-bond donors (Lipinski definition) is 4. The molecule has 2 amide bonds. The zero-order valence-electron chi connectivity index (χ0n) is 23.7. The van der Waals surface area contributed by atoms with Crippen molar-refractivity contribution in [3.05, 3.63) is 120 Å². The molecule has 10 heteroatoms. The molecule has 0 saturated carbocycles. The molecule has 5 aromatic rings. The van der Waals surface area contributed by atoms with Crippen molar-refractivity contribution in [2.24, 2.45) is 5.73 Å². The number of anilines is 1. The van der Waals surface area contributed by atoms with Crippen LogP contribution < -0.4 is 15.0 Å². The number of aromatic nitrogens is 1. The van der Waals surface area contributed by atoms with Crippen LogP contribution in [0.25, 0.3) is 22.2 Å². The molecule has 0 aliphatic carbocycles. The zero-order valence-corrected chi connectivity index (χ0v) is 25.5. The van der Waals surface area contributed by atoms with Crippen LogP contribution in [0.4, 0.5) is 5.69 Å². The molecule has 0 spiro atoms. The molecule has 5 N–H and O–H groups in total. The number of aromatic hydroxyl groups is 1. The van der Waals surface area contributed by atoms with Crippen molar-refractivity contribution in [3.63, 3.8) is 0 Å². The summed E-state index contributed by atoms with van der Waals surface area (Å²) in [5, 5.41) is 11.2. The molecular weight excluding hydrogens is 609 g/mol. The molecule has 220 valence electrons. The second-order valence-corrected chi connectivity index (χ2v) is 13.0. The van der Waals surface area contributed by atoms with Crippen molar-refractivity contribution in [1.82, 2.24) is 4.98 Å². The molecule has 0 aliphatic rings. The third-order valence-corrected chi connectivity index (χ3v) is 8.91. The Kier molecular flexibility index (Phi) is 9.83. The molecule has 0 radical (unpaired) electrons. The van der Waals surface area contributed by atoms with Gasteiger partial charge in [-0.15, -0.1) is 0 Å². The molecule has 43 heavy (non-hydrogen) atoms. The Bertz CT molecular complexity index is 1790. The van der Waals surface area contributed by atoms with Crippen LogP contribution in [0.2, 0.25) is 0 Å². The first-order valence-electron chi connectivity index (χ1n) is 13.5. The number of nitrogens with two attached hydrogens (primary N) is 1. The van der Waals surface area contributed by atoms with Crippen LogP contribution >= 0.6 is 0 Å². The number of primary amides is 1. The van der Waals surface area contributed by atoms with E-state index in [0.29, 0.717) is 12.0 Å². The summed E-state index contributed by atoms with van der Waals surface area (Å²) in [6, 6.07) is 32.1. The molecule has 5 rings (SSSR count). The van der Waals surface area contributed by atoms with Crippen molar-refractivity contribution in [2.75, 3.05) is 4.90 Å². The van der Waals surface area contributed by atoms with E-state index in [1.54, 1.807) is 6.07 Å². The Balaban J connectivity index is 0.000000202. The summed E-state index contributed by atoms with van der Waals surface area (Å²) in [4.78, 5) is 29.8. The van der Waals surface area contributed by atoms with Gasteiger partial charge in [-0.1, -0.05) is 48.5 Å². The summed E-state index contributed by atoms with van der Waals surface area (Å²) >= 11 is -5.31. The minimum Gasteiger partial charge on any atom is -0.366 e. The Morgan fingerprint density at radius 3 is 2.07 bits per heavy atom. The first kappa shape index (κ1) is 31.2. The monoisotopic (exact) mass is 641 g/mol. The van der Waals surface area contributed by atoms with Gasteiger partial charge in [0.1, 0.15) is 0 Å². The predicted molar refractivity (Wildman–Crippen MR) is 167 cm³/mol. The molecule has 1 aromatic heterocycles. The maximum absolute atomic E-state index is 12.3. The number of amides is 2. The van der Waals surface area contributed by atoms with Crippen molar-refractivity contribution < 1.29 is 26.6 Å². The molecule has 9 nitrogen and oxygen atoms in total. The van der Waals surface area contributed by atoms with Crippen LogP contribution in [0.1, 0.15) is 42.2 Å². The van der Waals surface area contributed by atoms with Gasteiger partial charge in [-0.05, 0) is 12.1 Å². The number of benzene rings is 4. The Morgan fingerprint density at radius 1 is 0.884 bits per heavy atom. The van der Waals surface area contributed by atoms with Gasteiger partial charge in [0, 0.05) is 10.9 Å².